The van der Waals surface area contributed by atoms with Crippen molar-refractivity contribution in [3.8, 4) is 17.2 Å². The van der Waals surface area contributed by atoms with Crippen LogP contribution in [-0.2, 0) is 0 Å². The molecule has 0 spiro atoms. The van der Waals surface area contributed by atoms with Crippen molar-refractivity contribution >= 4 is 23.1 Å². The predicted molar refractivity (Wildman–Crippen MR) is 111 cm³/mol. The zero-order chi connectivity index (χ0) is 20.8. The maximum Gasteiger partial charge on any atom is 0.274 e. The lowest BCUT2D eigenvalue weighted by molar-refractivity contribution is 0.102. The molecule has 1 aromatic heterocycles. The van der Waals surface area contributed by atoms with E-state index in [0.717, 1.165) is 5.69 Å². The van der Waals surface area contributed by atoms with Crippen molar-refractivity contribution in [2.24, 2.45) is 0 Å². The number of hydrogen-bond acceptors (Lipinski definition) is 7. The molecule has 1 amide bonds. The molecular formula is C21H22N4O4. The molecule has 150 valence electrons. The van der Waals surface area contributed by atoms with Crippen LogP contribution in [-0.4, -0.2) is 37.2 Å². The van der Waals surface area contributed by atoms with Crippen LogP contribution in [0.2, 0.25) is 0 Å². The van der Waals surface area contributed by atoms with E-state index >= 15 is 0 Å². The average Bonchev–Trinajstić information content (AvgIpc) is 2.73. The van der Waals surface area contributed by atoms with Crippen molar-refractivity contribution in [3.05, 3.63) is 60.0 Å². The Kier molecular flexibility index (Phi) is 6.13. The standard InChI is InChI=1S/C21H22N4O4/c1-13-22-17(12-20(23-13)24-14-6-5-7-16(10-14)27-2)21(26)25-15-8-9-18(28-3)19(11-15)29-4/h5-12H,1-4H3,(H,25,26)(H,22,23,24). The molecule has 8 nitrogen and oxygen atoms in total. The molecule has 0 unspecified atom stereocenters. The van der Waals surface area contributed by atoms with Gasteiger partial charge in [0.15, 0.2) is 11.5 Å². The van der Waals surface area contributed by atoms with Crippen LogP contribution in [0.4, 0.5) is 17.2 Å². The minimum atomic E-state index is -0.364. The second kappa shape index (κ2) is 8.92. The maximum absolute atomic E-state index is 12.7. The molecule has 0 aliphatic rings. The molecule has 0 saturated carbocycles. The monoisotopic (exact) mass is 394 g/mol. The number of aryl methyl sites for hydroxylation is 1. The van der Waals surface area contributed by atoms with Gasteiger partial charge in [0, 0.05) is 29.6 Å². The summed E-state index contributed by atoms with van der Waals surface area (Å²) < 4.78 is 15.7. The smallest absolute Gasteiger partial charge is 0.274 e. The third-order valence-electron chi connectivity index (χ3n) is 4.05. The zero-order valence-electron chi connectivity index (χ0n) is 16.6. The van der Waals surface area contributed by atoms with E-state index in [4.69, 9.17) is 14.2 Å². The van der Waals surface area contributed by atoms with E-state index in [9.17, 15) is 4.79 Å². The summed E-state index contributed by atoms with van der Waals surface area (Å²) >= 11 is 0. The first-order valence-electron chi connectivity index (χ1n) is 8.82. The van der Waals surface area contributed by atoms with Gasteiger partial charge in [0.05, 0.1) is 21.3 Å². The predicted octanol–water partition coefficient (Wildman–Crippen LogP) is 3.81. The second-order valence-electron chi connectivity index (χ2n) is 6.07. The number of nitrogens with one attached hydrogen (secondary N) is 2. The van der Waals surface area contributed by atoms with Gasteiger partial charge >= 0.3 is 0 Å². The molecule has 2 aromatic carbocycles. The number of methoxy groups -OCH3 is 3. The SMILES string of the molecule is COc1cccc(Nc2cc(C(=O)Nc3ccc(OC)c(OC)c3)nc(C)n2)c1. The van der Waals surface area contributed by atoms with Gasteiger partial charge in [-0.1, -0.05) is 6.07 Å². The van der Waals surface area contributed by atoms with E-state index in [0.29, 0.717) is 34.6 Å². The first-order chi connectivity index (χ1) is 14.0. The van der Waals surface area contributed by atoms with Crippen LogP contribution in [0.1, 0.15) is 16.3 Å². The summed E-state index contributed by atoms with van der Waals surface area (Å²) in [5.74, 6) is 2.42. The molecule has 3 rings (SSSR count). The number of rotatable bonds is 7. The van der Waals surface area contributed by atoms with E-state index < -0.39 is 0 Å². The number of carbonyl (C=O) groups excluding carboxylic acids is 1. The molecule has 29 heavy (non-hydrogen) atoms. The largest absolute Gasteiger partial charge is 0.497 e. The van der Waals surface area contributed by atoms with Crippen LogP contribution < -0.4 is 24.8 Å². The van der Waals surface area contributed by atoms with E-state index in [1.54, 1.807) is 45.4 Å². The van der Waals surface area contributed by atoms with Gasteiger partial charge in [0.2, 0.25) is 0 Å². The van der Waals surface area contributed by atoms with Crippen molar-refractivity contribution in [2.45, 2.75) is 6.92 Å². The molecule has 2 N–H and O–H groups in total. The first-order valence-corrected chi connectivity index (χ1v) is 8.82. The fourth-order valence-electron chi connectivity index (χ4n) is 2.71. The highest BCUT2D eigenvalue weighted by Crippen LogP contribution is 2.30. The van der Waals surface area contributed by atoms with Crippen molar-refractivity contribution < 1.29 is 19.0 Å². The summed E-state index contributed by atoms with van der Waals surface area (Å²) in [5.41, 5.74) is 1.58. The van der Waals surface area contributed by atoms with Crippen molar-refractivity contribution in [1.29, 1.82) is 0 Å². The number of carbonyl (C=O) groups is 1. The van der Waals surface area contributed by atoms with E-state index in [2.05, 4.69) is 20.6 Å². The summed E-state index contributed by atoms with van der Waals surface area (Å²) in [6.07, 6.45) is 0. The van der Waals surface area contributed by atoms with Crippen LogP contribution in [0.3, 0.4) is 0 Å². The van der Waals surface area contributed by atoms with Gasteiger partial charge < -0.3 is 24.8 Å². The lowest BCUT2D eigenvalue weighted by Gasteiger charge is -2.12. The molecule has 0 aliphatic heterocycles. The molecule has 0 radical (unpaired) electrons. The lowest BCUT2D eigenvalue weighted by atomic mass is 10.2. The third-order valence-corrected chi connectivity index (χ3v) is 4.05. The van der Waals surface area contributed by atoms with Gasteiger partial charge in [-0.15, -0.1) is 0 Å². The molecule has 0 aliphatic carbocycles. The van der Waals surface area contributed by atoms with Crippen LogP contribution >= 0.6 is 0 Å². The van der Waals surface area contributed by atoms with Crippen LogP contribution in [0.25, 0.3) is 0 Å². The van der Waals surface area contributed by atoms with Gasteiger partial charge in [-0.25, -0.2) is 9.97 Å². The Bertz CT molecular complexity index is 1020. The van der Waals surface area contributed by atoms with Crippen LogP contribution in [0.15, 0.2) is 48.5 Å². The second-order valence-corrected chi connectivity index (χ2v) is 6.07. The molecule has 8 heteroatoms. The Hall–Kier alpha value is -3.81. The van der Waals surface area contributed by atoms with Crippen molar-refractivity contribution in [2.75, 3.05) is 32.0 Å². The Morgan fingerprint density at radius 2 is 1.66 bits per heavy atom. The molecule has 0 atom stereocenters. The van der Waals surface area contributed by atoms with E-state index in [1.165, 1.54) is 7.11 Å². The highest BCUT2D eigenvalue weighted by atomic mass is 16.5. The summed E-state index contributed by atoms with van der Waals surface area (Å²) in [6, 6.07) is 14.1. The molecule has 0 fully saturated rings. The Morgan fingerprint density at radius 1 is 0.862 bits per heavy atom. The molecule has 0 saturated heterocycles. The Morgan fingerprint density at radius 3 is 2.38 bits per heavy atom. The minimum absolute atomic E-state index is 0.234. The quantitative estimate of drug-likeness (QED) is 0.629. The summed E-state index contributed by atoms with van der Waals surface area (Å²) in [4.78, 5) is 21.3. The molecule has 0 bridgehead atoms. The molecular weight excluding hydrogens is 372 g/mol. The number of hydrogen-bond donors (Lipinski definition) is 2. The van der Waals surface area contributed by atoms with Crippen LogP contribution in [0.5, 0.6) is 17.2 Å². The number of aromatic nitrogens is 2. The molecule has 1 heterocycles. The number of amides is 1. The van der Waals surface area contributed by atoms with Crippen molar-refractivity contribution in [3.63, 3.8) is 0 Å². The summed E-state index contributed by atoms with van der Waals surface area (Å²) in [7, 11) is 4.69. The number of anilines is 3. The van der Waals surface area contributed by atoms with Gasteiger partial charge in [-0.2, -0.15) is 0 Å². The molecule has 3 aromatic rings. The minimum Gasteiger partial charge on any atom is -0.497 e. The van der Waals surface area contributed by atoms with E-state index in [1.807, 2.05) is 24.3 Å². The number of benzene rings is 2. The van der Waals surface area contributed by atoms with Gasteiger partial charge in [0.1, 0.15) is 23.1 Å². The van der Waals surface area contributed by atoms with Gasteiger partial charge in [-0.3, -0.25) is 4.79 Å². The zero-order valence-corrected chi connectivity index (χ0v) is 16.6. The van der Waals surface area contributed by atoms with Gasteiger partial charge in [-0.05, 0) is 31.2 Å². The summed E-state index contributed by atoms with van der Waals surface area (Å²) in [6.45, 7) is 1.73. The fourth-order valence-corrected chi connectivity index (χ4v) is 2.71. The number of ether oxygens (including phenoxy) is 3. The number of nitrogens with zero attached hydrogens (tertiary/aromatic N) is 2. The maximum atomic E-state index is 12.7. The highest BCUT2D eigenvalue weighted by Gasteiger charge is 2.13. The Balaban J connectivity index is 1.80. The topological polar surface area (TPSA) is 94.6 Å². The van der Waals surface area contributed by atoms with E-state index in [-0.39, 0.29) is 11.6 Å². The fraction of sp³-hybridized carbons (Fsp3) is 0.190. The van der Waals surface area contributed by atoms with Crippen molar-refractivity contribution in [1.82, 2.24) is 9.97 Å². The highest BCUT2D eigenvalue weighted by molar-refractivity contribution is 6.03. The lowest BCUT2D eigenvalue weighted by Crippen LogP contribution is -2.15. The van der Waals surface area contributed by atoms with Gasteiger partial charge in [0.25, 0.3) is 5.91 Å². The Labute approximate surface area is 168 Å². The first kappa shape index (κ1) is 19.9. The third kappa shape index (κ3) is 4.92. The normalized spacial score (nSPS) is 10.2. The summed E-state index contributed by atoms with van der Waals surface area (Å²) in [5, 5.41) is 5.97. The average molecular weight is 394 g/mol. The van der Waals surface area contributed by atoms with Crippen LogP contribution in [0, 0.1) is 6.92 Å².